The molecule has 0 radical (unpaired) electrons. The Labute approximate surface area is 298 Å². The Kier molecular flexibility index (Phi) is 8.95. The molecule has 2 aliphatic heterocycles. The van der Waals surface area contributed by atoms with E-state index in [0.29, 0.717) is 49.0 Å². The molecule has 3 fully saturated rings. The molecule has 9 nitrogen and oxygen atoms in total. The molecular weight excluding hydrogens is 644 g/mol. The molecule has 3 aromatic carbocycles. The number of Topliss-reactive ketones (excluding diaryl/α,β-unsaturated/α-hetero) is 2. The molecule has 2 heterocycles. The highest BCUT2D eigenvalue weighted by Gasteiger charge is 2.67. The molecule has 2 saturated carbocycles. The number of rotatable bonds is 13. The Balaban J connectivity index is 1.12. The number of benzene rings is 3. The van der Waals surface area contributed by atoms with Gasteiger partial charge >= 0.3 is 5.97 Å². The van der Waals surface area contributed by atoms with Crippen LogP contribution in [0.4, 0.5) is 0 Å². The summed E-state index contributed by atoms with van der Waals surface area (Å²) in [5.41, 5.74) is 2.50. The normalized spacial score (nSPS) is 25.7. The zero-order valence-corrected chi connectivity index (χ0v) is 29.2. The number of hydrogen-bond donors (Lipinski definition) is 1. The first-order valence-electron chi connectivity index (χ1n) is 18.7. The lowest BCUT2D eigenvalue weighted by molar-refractivity contribution is -0.142. The lowest BCUT2D eigenvalue weighted by Gasteiger charge is -2.60. The van der Waals surface area contributed by atoms with Gasteiger partial charge in [-0.25, -0.2) is 0 Å². The molecule has 2 bridgehead atoms. The van der Waals surface area contributed by atoms with Crippen LogP contribution in [-0.4, -0.2) is 76.2 Å². The van der Waals surface area contributed by atoms with Crippen LogP contribution in [0, 0.1) is 11.8 Å². The summed E-state index contributed by atoms with van der Waals surface area (Å²) >= 11 is 0. The van der Waals surface area contributed by atoms with Crippen molar-refractivity contribution in [3.05, 3.63) is 89.0 Å². The van der Waals surface area contributed by atoms with Crippen molar-refractivity contribution in [3.8, 4) is 17.2 Å². The number of ketones is 2. The van der Waals surface area contributed by atoms with Gasteiger partial charge in [0.15, 0.2) is 23.1 Å². The van der Waals surface area contributed by atoms with Crippen molar-refractivity contribution in [3.63, 3.8) is 0 Å². The van der Waals surface area contributed by atoms with E-state index in [1.165, 1.54) is 25.8 Å². The van der Waals surface area contributed by atoms with Gasteiger partial charge in [0.1, 0.15) is 11.9 Å². The zero-order chi connectivity index (χ0) is 35.3. The SMILES string of the molecule is CC(=O)Oc1cc(O)c2c3c1O[C@H]1[C@@H](N(CC(=O)c4ccccc4)C(=O)CCCCC(=O)c4ccccc4)CC[C@H]4[C@@H](C2)N(CC2CC2)CC[C@@]341. The zero-order valence-electron chi connectivity index (χ0n) is 29.2. The van der Waals surface area contributed by atoms with E-state index in [0.717, 1.165) is 43.0 Å². The molecule has 51 heavy (non-hydrogen) atoms. The monoisotopic (exact) mass is 690 g/mol. The molecule has 0 unspecified atom stereocenters. The van der Waals surface area contributed by atoms with Crippen molar-refractivity contribution in [2.45, 2.75) is 94.7 Å². The lowest BCUT2D eigenvalue weighted by atomic mass is 9.50. The van der Waals surface area contributed by atoms with Crippen LogP contribution in [0.2, 0.25) is 0 Å². The van der Waals surface area contributed by atoms with Crippen molar-refractivity contribution in [1.82, 2.24) is 9.80 Å². The summed E-state index contributed by atoms with van der Waals surface area (Å²) in [7, 11) is 0. The van der Waals surface area contributed by atoms with Crippen LogP contribution in [0.5, 0.6) is 17.2 Å². The van der Waals surface area contributed by atoms with Crippen molar-refractivity contribution in [2.75, 3.05) is 19.6 Å². The molecule has 9 heteroatoms. The topological polar surface area (TPSA) is 113 Å². The number of phenols is 1. The maximum atomic E-state index is 14.4. The van der Waals surface area contributed by atoms with Gasteiger partial charge in [0.2, 0.25) is 5.91 Å². The average molecular weight is 691 g/mol. The van der Waals surface area contributed by atoms with Gasteiger partial charge in [0.05, 0.1) is 12.6 Å². The first-order chi connectivity index (χ1) is 24.7. The second-order valence-corrected chi connectivity index (χ2v) is 15.3. The molecule has 8 rings (SSSR count). The average Bonchev–Trinajstić information content (AvgIpc) is 3.89. The van der Waals surface area contributed by atoms with Crippen molar-refractivity contribution in [1.29, 1.82) is 0 Å². The van der Waals surface area contributed by atoms with Gasteiger partial charge in [-0.15, -0.1) is 0 Å². The van der Waals surface area contributed by atoms with Crippen LogP contribution in [0.1, 0.15) is 96.6 Å². The highest BCUT2D eigenvalue weighted by atomic mass is 16.6. The molecule has 266 valence electrons. The Morgan fingerprint density at radius 2 is 1.61 bits per heavy atom. The van der Waals surface area contributed by atoms with Crippen LogP contribution < -0.4 is 9.47 Å². The number of carbonyl (C=O) groups excluding carboxylic acids is 4. The maximum absolute atomic E-state index is 14.4. The van der Waals surface area contributed by atoms with Gasteiger partial charge in [-0.05, 0) is 69.7 Å². The fraction of sp³-hybridized carbons (Fsp3) is 0.476. The Bertz CT molecular complexity index is 1840. The fourth-order valence-corrected chi connectivity index (χ4v) is 9.79. The molecular formula is C42H46N2O7. The third-order valence-electron chi connectivity index (χ3n) is 12.2. The third-order valence-corrected chi connectivity index (χ3v) is 12.2. The van der Waals surface area contributed by atoms with Crippen molar-refractivity contribution >= 4 is 23.4 Å². The summed E-state index contributed by atoms with van der Waals surface area (Å²) in [5, 5.41) is 11.5. The number of ether oxygens (including phenoxy) is 2. The fourth-order valence-electron chi connectivity index (χ4n) is 9.79. The number of aromatic hydroxyl groups is 1. The summed E-state index contributed by atoms with van der Waals surface area (Å²) < 4.78 is 12.6. The van der Waals surface area contributed by atoms with E-state index in [-0.39, 0.29) is 53.9 Å². The highest BCUT2D eigenvalue weighted by molar-refractivity contribution is 5.99. The van der Waals surface area contributed by atoms with Crippen LogP contribution in [0.15, 0.2) is 66.7 Å². The van der Waals surface area contributed by atoms with Gasteiger partial charge < -0.3 is 19.5 Å². The minimum atomic E-state index is -0.501. The van der Waals surface area contributed by atoms with E-state index in [1.807, 2.05) is 48.5 Å². The number of nitrogens with zero attached hydrogens (tertiary/aromatic N) is 2. The molecule has 1 amide bonds. The van der Waals surface area contributed by atoms with E-state index >= 15 is 0 Å². The van der Waals surface area contributed by atoms with Gasteiger partial charge in [0, 0.05) is 66.1 Å². The number of piperidine rings is 1. The molecule has 3 aliphatic carbocycles. The standard InChI is InChI=1S/C42H46N2O7/c1-26(45)50-37-23-35(47)30-22-33-31-18-19-32(41-42(31,39(30)40(37)51-41)20-21-43(33)24-27-16-17-27)44(25-36(48)29-12-6-3-7-13-29)38(49)15-9-8-14-34(46)28-10-4-2-5-11-28/h2-7,10-13,23,27,31-33,41,47H,8-9,14-22,24-25H2,1H3/t31-,32-,33+,41-,42-/m0/s1. The Hall–Kier alpha value is -4.50. The minimum absolute atomic E-state index is 0.0521. The maximum Gasteiger partial charge on any atom is 0.308 e. The summed E-state index contributed by atoms with van der Waals surface area (Å²) in [5.74, 6) is 1.06. The molecule has 5 atom stereocenters. The smallest absolute Gasteiger partial charge is 0.308 e. The number of hydrogen-bond acceptors (Lipinski definition) is 8. The highest BCUT2D eigenvalue weighted by Crippen LogP contribution is 2.66. The number of carbonyl (C=O) groups is 4. The van der Waals surface area contributed by atoms with Gasteiger partial charge in [-0.3, -0.25) is 24.1 Å². The third kappa shape index (κ3) is 6.13. The quantitative estimate of drug-likeness (QED) is 0.0964. The summed E-state index contributed by atoms with van der Waals surface area (Å²) in [6.07, 6.45) is 6.70. The lowest BCUT2D eigenvalue weighted by Crippen LogP contribution is -2.69. The van der Waals surface area contributed by atoms with E-state index in [4.69, 9.17) is 9.47 Å². The Morgan fingerprint density at radius 3 is 2.29 bits per heavy atom. The molecule has 5 aliphatic rings. The van der Waals surface area contributed by atoms with E-state index in [2.05, 4.69) is 4.90 Å². The summed E-state index contributed by atoms with van der Waals surface area (Å²) in [4.78, 5) is 57.6. The van der Waals surface area contributed by atoms with Crippen LogP contribution >= 0.6 is 0 Å². The van der Waals surface area contributed by atoms with Crippen LogP contribution in [0.3, 0.4) is 0 Å². The summed E-state index contributed by atoms with van der Waals surface area (Å²) in [6, 6.07) is 19.6. The molecule has 1 spiro atoms. The van der Waals surface area contributed by atoms with Gasteiger partial charge in [0.25, 0.3) is 0 Å². The second-order valence-electron chi connectivity index (χ2n) is 15.3. The largest absolute Gasteiger partial charge is 0.508 e. The van der Waals surface area contributed by atoms with E-state index in [9.17, 15) is 24.3 Å². The molecule has 1 N–H and O–H groups in total. The van der Waals surface area contributed by atoms with Crippen molar-refractivity contribution in [2.24, 2.45) is 11.8 Å². The molecule has 3 aromatic rings. The predicted molar refractivity (Wildman–Crippen MR) is 190 cm³/mol. The van der Waals surface area contributed by atoms with E-state index < -0.39 is 23.5 Å². The predicted octanol–water partition coefficient (Wildman–Crippen LogP) is 6.29. The Morgan fingerprint density at radius 1 is 0.922 bits per heavy atom. The second kappa shape index (κ2) is 13.6. The first-order valence-corrected chi connectivity index (χ1v) is 18.7. The number of amides is 1. The number of esters is 1. The van der Waals surface area contributed by atoms with Gasteiger partial charge in [-0.1, -0.05) is 60.7 Å². The molecule has 0 aromatic heterocycles. The van der Waals surface area contributed by atoms with E-state index in [1.54, 1.807) is 17.0 Å². The first kappa shape index (κ1) is 33.6. The van der Waals surface area contributed by atoms with Crippen molar-refractivity contribution < 1.29 is 33.8 Å². The number of phenolic OH excluding ortho intramolecular Hbond substituents is 1. The molecule has 1 saturated heterocycles. The van der Waals surface area contributed by atoms with Gasteiger partial charge in [-0.2, -0.15) is 0 Å². The van der Waals surface area contributed by atoms with Crippen LogP contribution in [0.25, 0.3) is 0 Å². The minimum Gasteiger partial charge on any atom is -0.508 e. The van der Waals surface area contributed by atoms with Crippen LogP contribution in [-0.2, 0) is 21.4 Å². The number of likely N-dealkylation sites (tertiary alicyclic amines) is 1. The number of unbranched alkanes of at least 4 members (excludes halogenated alkanes) is 1. The summed E-state index contributed by atoms with van der Waals surface area (Å²) in [6.45, 7) is 3.20.